The van der Waals surface area contributed by atoms with Gasteiger partial charge < -0.3 is 5.32 Å². The zero-order valence-corrected chi connectivity index (χ0v) is 14.1. The van der Waals surface area contributed by atoms with E-state index in [1.165, 1.54) is 47.7 Å². The monoisotopic (exact) mass is 282 g/mol. The van der Waals surface area contributed by atoms with E-state index < -0.39 is 0 Å². The summed E-state index contributed by atoms with van der Waals surface area (Å²) in [5.74, 6) is 0. The minimum Gasteiger partial charge on any atom is -0.306 e. The number of nitrogens with zero attached hydrogens (tertiary/aromatic N) is 1. The van der Waals surface area contributed by atoms with Gasteiger partial charge in [0.2, 0.25) is 0 Å². The summed E-state index contributed by atoms with van der Waals surface area (Å²) < 4.78 is 0. The molecule has 0 bridgehead atoms. The van der Waals surface area contributed by atoms with E-state index in [1.807, 2.05) is 11.3 Å². The molecule has 0 fully saturated rings. The van der Waals surface area contributed by atoms with Crippen LogP contribution in [0, 0.1) is 6.92 Å². The van der Waals surface area contributed by atoms with Crippen molar-refractivity contribution in [1.29, 1.82) is 0 Å². The van der Waals surface area contributed by atoms with Crippen molar-refractivity contribution in [2.45, 2.75) is 78.7 Å². The van der Waals surface area contributed by atoms with Gasteiger partial charge in [-0.1, -0.05) is 40.0 Å². The molecule has 1 aromatic rings. The number of thiazole rings is 1. The van der Waals surface area contributed by atoms with E-state index in [0.717, 1.165) is 13.0 Å². The van der Waals surface area contributed by atoms with Crippen LogP contribution >= 0.6 is 11.3 Å². The smallest absolute Gasteiger partial charge is 0.113 e. The molecule has 0 aromatic carbocycles. The number of hydrogen-bond acceptors (Lipinski definition) is 3. The Kier molecular flexibility index (Phi) is 7.01. The summed E-state index contributed by atoms with van der Waals surface area (Å²) >= 11 is 1.88. The SMILES string of the molecule is CCCCCC(C)(NCCC)c1nc(CC)c(C)s1. The fraction of sp³-hybridized carbons (Fsp3) is 0.812. The zero-order valence-electron chi connectivity index (χ0n) is 13.3. The Labute approximate surface area is 123 Å². The van der Waals surface area contributed by atoms with Crippen LogP contribution in [0.1, 0.15) is 75.4 Å². The lowest BCUT2D eigenvalue weighted by atomic mass is 9.94. The Morgan fingerprint density at radius 1 is 1.16 bits per heavy atom. The Balaban J connectivity index is 2.86. The number of rotatable bonds is 9. The molecule has 1 aromatic heterocycles. The molecule has 1 atom stereocenters. The summed E-state index contributed by atoms with van der Waals surface area (Å²) in [5.41, 5.74) is 1.34. The van der Waals surface area contributed by atoms with Gasteiger partial charge in [0.15, 0.2) is 0 Å². The highest BCUT2D eigenvalue weighted by atomic mass is 32.1. The van der Waals surface area contributed by atoms with Crippen molar-refractivity contribution < 1.29 is 0 Å². The maximum Gasteiger partial charge on any atom is 0.113 e. The quantitative estimate of drug-likeness (QED) is 0.657. The van der Waals surface area contributed by atoms with Gasteiger partial charge >= 0.3 is 0 Å². The molecule has 0 aliphatic heterocycles. The lowest BCUT2D eigenvalue weighted by Crippen LogP contribution is -2.40. The molecule has 1 rings (SSSR count). The molecule has 0 spiro atoms. The molecule has 0 aliphatic carbocycles. The molecule has 0 amide bonds. The first-order valence-corrected chi connectivity index (χ1v) is 8.60. The topological polar surface area (TPSA) is 24.9 Å². The summed E-state index contributed by atoms with van der Waals surface area (Å²) in [6, 6.07) is 0. The minimum atomic E-state index is 0.0635. The van der Waals surface area contributed by atoms with Gasteiger partial charge in [-0.25, -0.2) is 4.98 Å². The van der Waals surface area contributed by atoms with E-state index in [9.17, 15) is 0 Å². The molecule has 1 heterocycles. The molecule has 0 radical (unpaired) electrons. The summed E-state index contributed by atoms with van der Waals surface area (Å²) in [5, 5.41) is 5.02. The van der Waals surface area contributed by atoms with Crippen LogP contribution in [-0.2, 0) is 12.0 Å². The van der Waals surface area contributed by atoms with Gasteiger partial charge in [0.1, 0.15) is 5.01 Å². The van der Waals surface area contributed by atoms with E-state index >= 15 is 0 Å². The standard InChI is InChI=1S/C16H30N2S/c1-6-9-10-11-16(5,17-12-7-2)15-18-14(8-3)13(4)19-15/h17H,6-12H2,1-5H3. The van der Waals surface area contributed by atoms with Crippen LogP contribution in [0.3, 0.4) is 0 Å². The zero-order chi connectivity index (χ0) is 14.3. The summed E-state index contributed by atoms with van der Waals surface area (Å²) in [6.45, 7) is 12.3. The van der Waals surface area contributed by atoms with Gasteiger partial charge in [-0.05, 0) is 39.7 Å². The van der Waals surface area contributed by atoms with E-state index in [4.69, 9.17) is 4.98 Å². The third-order valence-electron chi connectivity index (χ3n) is 3.75. The van der Waals surface area contributed by atoms with Crippen LogP contribution < -0.4 is 5.32 Å². The van der Waals surface area contributed by atoms with Crippen molar-refractivity contribution in [2.24, 2.45) is 0 Å². The number of nitrogens with one attached hydrogen (secondary N) is 1. The van der Waals surface area contributed by atoms with Crippen LogP contribution in [0.2, 0.25) is 0 Å². The van der Waals surface area contributed by atoms with Crippen molar-refractivity contribution >= 4 is 11.3 Å². The highest BCUT2D eigenvalue weighted by Crippen LogP contribution is 2.32. The molecular formula is C16H30N2S. The van der Waals surface area contributed by atoms with Gasteiger partial charge in [0, 0.05) is 4.88 Å². The Morgan fingerprint density at radius 2 is 1.89 bits per heavy atom. The van der Waals surface area contributed by atoms with E-state index in [1.54, 1.807) is 0 Å². The van der Waals surface area contributed by atoms with Gasteiger partial charge in [-0.3, -0.25) is 0 Å². The number of hydrogen-bond donors (Lipinski definition) is 1. The molecule has 110 valence electrons. The molecule has 0 aliphatic rings. The van der Waals surface area contributed by atoms with Crippen molar-refractivity contribution in [3.63, 3.8) is 0 Å². The van der Waals surface area contributed by atoms with Crippen LogP contribution in [0.15, 0.2) is 0 Å². The fourth-order valence-electron chi connectivity index (χ4n) is 2.39. The first-order valence-electron chi connectivity index (χ1n) is 7.79. The Hall–Kier alpha value is -0.410. The molecule has 3 heteroatoms. The molecule has 1 unspecified atom stereocenters. The Morgan fingerprint density at radius 3 is 2.42 bits per heavy atom. The normalized spacial score (nSPS) is 14.6. The van der Waals surface area contributed by atoms with Gasteiger partial charge in [0.25, 0.3) is 0 Å². The van der Waals surface area contributed by atoms with Gasteiger partial charge in [0.05, 0.1) is 11.2 Å². The predicted octanol–water partition coefficient (Wildman–Crippen LogP) is 4.81. The van der Waals surface area contributed by atoms with Crippen LogP contribution in [-0.4, -0.2) is 11.5 Å². The second kappa shape index (κ2) is 8.01. The first kappa shape index (κ1) is 16.6. The van der Waals surface area contributed by atoms with Crippen LogP contribution in [0.4, 0.5) is 0 Å². The van der Waals surface area contributed by atoms with Gasteiger partial charge in [-0.2, -0.15) is 0 Å². The number of aromatic nitrogens is 1. The van der Waals surface area contributed by atoms with E-state index in [0.29, 0.717) is 0 Å². The third-order valence-corrected chi connectivity index (χ3v) is 5.02. The predicted molar refractivity (Wildman–Crippen MR) is 86.0 cm³/mol. The summed E-state index contributed by atoms with van der Waals surface area (Å²) in [7, 11) is 0. The molecule has 0 saturated carbocycles. The molecule has 2 nitrogen and oxygen atoms in total. The van der Waals surface area contributed by atoms with Crippen LogP contribution in [0.25, 0.3) is 0 Å². The lowest BCUT2D eigenvalue weighted by Gasteiger charge is -2.29. The average Bonchev–Trinajstić information content (AvgIpc) is 2.78. The molecule has 0 saturated heterocycles. The van der Waals surface area contributed by atoms with Crippen molar-refractivity contribution in [3.8, 4) is 0 Å². The summed E-state index contributed by atoms with van der Waals surface area (Å²) in [6.07, 6.45) is 7.28. The maximum absolute atomic E-state index is 4.89. The molecular weight excluding hydrogens is 252 g/mol. The lowest BCUT2D eigenvalue weighted by molar-refractivity contribution is 0.326. The largest absolute Gasteiger partial charge is 0.306 e. The first-order chi connectivity index (χ1) is 9.07. The molecule has 19 heavy (non-hydrogen) atoms. The second-order valence-corrected chi connectivity index (χ2v) is 6.79. The summed E-state index contributed by atoms with van der Waals surface area (Å²) in [4.78, 5) is 6.27. The second-order valence-electron chi connectivity index (χ2n) is 5.59. The maximum atomic E-state index is 4.89. The number of aryl methyl sites for hydroxylation is 2. The van der Waals surface area contributed by atoms with E-state index in [-0.39, 0.29) is 5.54 Å². The van der Waals surface area contributed by atoms with Crippen molar-refractivity contribution in [2.75, 3.05) is 6.54 Å². The fourth-order valence-corrected chi connectivity index (χ4v) is 3.55. The highest BCUT2D eigenvalue weighted by molar-refractivity contribution is 7.11. The Bertz CT molecular complexity index is 373. The van der Waals surface area contributed by atoms with Gasteiger partial charge in [-0.15, -0.1) is 11.3 Å². The van der Waals surface area contributed by atoms with E-state index in [2.05, 4.69) is 39.9 Å². The van der Waals surface area contributed by atoms with Crippen LogP contribution in [0.5, 0.6) is 0 Å². The third kappa shape index (κ3) is 4.57. The van der Waals surface area contributed by atoms with Crippen molar-refractivity contribution in [1.82, 2.24) is 10.3 Å². The van der Waals surface area contributed by atoms with Crippen molar-refractivity contribution in [3.05, 3.63) is 15.6 Å². The number of unbranched alkanes of at least 4 members (excludes halogenated alkanes) is 2. The highest BCUT2D eigenvalue weighted by Gasteiger charge is 2.29. The average molecular weight is 282 g/mol. The minimum absolute atomic E-state index is 0.0635. The molecule has 1 N–H and O–H groups in total.